The van der Waals surface area contributed by atoms with E-state index in [-0.39, 0.29) is 30.9 Å². The summed E-state index contributed by atoms with van der Waals surface area (Å²) in [5.41, 5.74) is -0.484. The van der Waals surface area contributed by atoms with Crippen LogP contribution in [0.4, 0.5) is 4.79 Å². The van der Waals surface area contributed by atoms with E-state index in [1.807, 2.05) is 20.8 Å². The Morgan fingerprint density at radius 2 is 1.27 bits per heavy atom. The quantitative estimate of drug-likeness (QED) is 0.0784. The van der Waals surface area contributed by atoms with Gasteiger partial charge in [0, 0.05) is 25.9 Å². The highest BCUT2D eigenvalue weighted by molar-refractivity contribution is 5.72. The molecule has 234 valence electrons. The molecule has 1 atom stereocenters. The first-order chi connectivity index (χ1) is 19.1. The third kappa shape index (κ3) is 19.3. The number of esters is 2. The summed E-state index contributed by atoms with van der Waals surface area (Å²) in [7, 11) is 0. The second kappa shape index (κ2) is 21.9. The molecule has 1 aliphatic heterocycles. The molecule has 1 unspecified atom stereocenters. The number of carbonyl (C=O) groups excluding carboxylic acids is 3. The Balaban J connectivity index is 2.17. The monoisotopic (exact) mass is 567 g/mol. The minimum atomic E-state index is -0.484. The van der Waals surface area contributed by atoms with Crippen LogP contribution in [0.2, 0.25) is 0 Å². The lowest BCUT2D eigenvalue weighted by Gasteiger charge is -2.33. The highest BCUT2D eigenvalue weighted by Gasteiger charge is 2.26. The van der Waals surface area contributed by atoms with E-state index < -0.39 is 5.60 Å². The molecule has 1 fully saturated rings. The number of likely N-dealkylation sites (tertiary alicyclic amines) is 1. The second-order valence-corrected chi connectivity index (χ2v) is 12.7. The van der Waals surface area contributed by atoms with Crippen LogP contribution in [0, 0.1) is 11.8 Å². The summed E-state index contributed by atoms with van der Waals surface area (Å²) >= 11 is 0. The van der Waals surface area contributed by atoms with Gasteiger partial charge in [-0.3, -0.25) is 9.59 Å². The molecule has 0 aromatic heterocycles. The van der Waals surface area contributed by atoms with E-state index in [1.54, 1.807) is 4.90 Å². The highest BCUT2D eigenvalue weighted by Crippen LogP contribution is 2.23. The molecule has 0 N–H and O–H groups in total. The number of ether oxygens (including phenoxy) is 3. The van der Waals surface area contributed by atoms with Crippen molar-refractivity contribution in [3.05, 3.63) is 0 Å². The maximum atomic E-state index is 12.3. The minimum Gasteiger partial charge on any atom is -0.466 e. The van der Waals surface area contributed by atoms with Gasteiger partial charge in [0.2, 0.25) is 0 Å². The van der Waals surface area contributed by atoms with Crippen LogP contribution in [0.1, 0.15) is 150 Å². The number of carbonyl (C=O) groups is 3. The van der Waals surface area contributed by atoms with Gasteiger partial charge in [0.1, 0.15) is 5.60 Å². The number of unbranched alkanes of at least 4 members (excludes halogenated alkanes) is 8. The molecular formula is C33H61NO6. The Labute approximate surface area is 245 Å². The first kappa shape index (κ1) is 36.2. The SMILES string of the molecule is CCCCCCCCC(CCCCCC)COC(=O)CCCC(=O)OCCC1CCN(C(=O)OC(C)(C)C)CC1. The zero-order chi connectivity index (χ0) is 29.6. The number of rotatable bonds is 21. The summed E-state index contributed by atoms with van der Waals surface area (Å²) in [6, 6.07) is 0. The Morgan fingerprint density at radius 1 is 0.750 bits per heavy atom. The van der Waals surface area contributed by atoms with Crippen molar-refractivity contribution in [2.45, 2.75) is 156 Å². The molecule has 40 heavy (non-hydrogen) atoms. The number of nitrogens with zero attached hydrogens (tertiary/aromatic N) is 1. The summed E-state index contributed by atoms with van der Waals surface area (Å²) < 4.78 is 16.5. The molecule has 0 saturated carbocycles. The number of hydrogen-bond acceptors (Lipinski definition) is 6. The van der Waals surface area contributed by atoms with E-state index in [9.17, 15) is 14.4 Å². The van der Waals surface area contributed by atoms with Crippen LogP contribution in [-0.4, -0.2) is 54.8 Å². The van der Waals surface area contributed by atoms with E-state index in [1.165, 1.54) is 64.2 Å². The molecule has 7 heteroatoms. The van der Waals surface area contributed by atoms with Crippen LogP contribution in [0.25, 0.3) is 0 Å². The first-order valence-corrected chi connectivity index (χ1v) is 16.4. The van der Waals surface area contributed by atoms with Crippen molar-refractivity contribution in [1.29, 1.82) is 0 Å². The van der Waals surface area contributed by atoms with Gasteiger partial charge in [0.25, 0.3) is 0 Å². The van der Waals surface area contributed by atoms with Gasteiger partial charge in [-0.1, -0.05) is 78.1 Å². The van der Waals surface area contributed by atoms with Crippen molar-refractivity contribution in [2.75, 3.05) is 26.3 Å². The predicted molar refractivity (Wildman–Crippen MR) is 161 cm³/mol. The minimum absolute atomic E-state index is 0.203. The molecule has 0 aliphatic carbocycles. The van der Waals surface area contributed by atoms with Gasteiger partial charge in [-0.2, -0.15) is 0 Å². The van der Waals surface area contributed by atoms with Crippen LogP contribution < -0.4 is 0 Å². The molecule has 1 aliphatic rings. The van der Waals surface area contributed by atoms with Crippen molar-refractivity contribution >= 4 is 18.0 Å². The molecule has 1 rings (SSSR count). The number of hydrogen-bond donors (Lipinski definition) is 0. The summed E-state index contributed by atoms with van der Waals surface area (Å²) in [6.45, 7) is 12.3. The number of piperidine rings is 1. The van der Waals surface area contributed by atoms with Gasteiger partial charge in [0.15, 0.2) is 0 Å². The van der Waals surface area contributed by atoms with E-state index in [4.69, 9.17) is 14.2 Å². The smallest absolute Gasteiger partial charge is 0.410 e. The molecule has 0 aromatic carbocycles. The third-order valence-corrected chi connectivity index (χ3v) is 7.73. The third-order valence-electron chi connectivity index (χ3n) is 7.73. The molecule has 1 amide bonds. The standard InChI is InChI=1S/C33H61NO6/c1-6-8-10-12-13-15-18-29(17-14-11-9-7-2)27-39-31(36)20-16-19-30(35)38-26-23-28-21-24-34(25-22-28)32(37)40-33(3,4)5/h28-29H,6-27H2,1-5H3. The highest BCUT2D eigenvalue weighted by atomic mass is 16.6. The molecule has 0 spiro atoms. The van der Waals surface area contributed by atoms with Crippen LogP contribution >= 0.6 is 0 Å². The van der Waals surface area contributed by atoms with Crippen molar-refractivity contribution < 1.29 is 28.6 Å². The summed E-state index contributed by atoms with van der Waals surface area (Å²) in [6.07, 6.45) is 18.2. The molecule has 1 heterocycles. The molecule has 1 saturated heterocycles. The second-order valence-electron chi connectivity index (χ2n) is 12.7. The maximum Gasteiger partial charge on any atom is 0.410 e. The zero-order valence-electron chi connectivity index (χ0n) is 26.6. The fourth-order valence-electron chi connectivity index (χ4n) is 5.19. The molecule has 0 aromatic rings. The maximum absolute atomic E-state index is 12.3. The average molecular weight is 568 g/mol. The molecule has 0 bridgehead atoms. The Bertz CT molecular complexity index is 681. The van der Waals surface area contributed by atoms with Crippen LogP contribution in [-0.2, 0) is 23.8 Å². The lowest BCUT2D eigenvalue weighted by atomic mass is 9.94. The fourth-order valence-corrected chi connectivity index (χ4v) is 5.19. The van der Waals surface area contributed by atoms with Gasteiger partial charge < -0.3 is 19.1 Å². The van der Waals surface area contributed by atoms with Crippen LogP contribution in [0.5, 0.6) is 0 Å². The van der Waals surface area contributed by atoms with Gasteiger partial charge in [0.05, 0.1) is 13.2 Å². The van der Waals surface area contributed by atoms with Gasteiger partial charge in [-0.15, -0.1) is 0 Å². The van der Waals surface area contributed by atoms with E-state index >= 15 is 0 Å². The molecular weight excluding hydrogens is 506 g/mol. The van der Waals surface area contributed by atoms with Gasteiger partial charge in [-0.05, 0) is 71.1 Å². The van der Waals surface area contributed by atoms with Crippen molar-refractivity contribution in [3.63, 3.8) is 0 Å². The number of amides is 1. The molecule has 7 nitrogen and oxygen atoms in total. The molecule has 0 radical (unpaired) electrons. The summed E-state index contributed by atoms with van der Waals surface area (Å²) in [5, 5.41) is 0. The van der Waals surface area contributed by atoms with E-state index in [2.05, 4.69) is 13.8 Å². The Kier molecular flexibility index (Phi) is 19.8. The average Bonchev–Trinajstić information content (AvgIpc) is 2.90. The summed E-state index contributed by atoms with van der Waals surface area (Å²) in [4.78, 5) is 38.4. The van der Waals surface area contributed by atoms with Gasteiger partial charge in [-0.25, -0.2) is 4.79 Å². The van der Waals surface area contributed by atoms with Crippen LogP contribution in [0.3, 0.4) is 0 Å². The fraction of sp³-hybridized carbons (Fsp3) is 0.909. The normalized spacial score (nSPS) is 15.1. The largest absolute Gasteiger partial charge is 0.466 e. The van der Waals surface area contributed by atoms with Crippen molar-refractivity contribution in [3.8, 4) is 0 Å². The van der Waals surface area contributed by atoms with Gasteiger partial charge >= 0.3 is 18.0 Å². The lowest BCUT2D eigenvalue weighted by molar-refractivity contribution is -0.146. The van der Waals surface area contributed by atoms with E-state index in [0.29, 0.717) is 44.6 Å². The van der Waals surface area contributed by atoms with Crippen molar-refractivity contribution in [1.82, 2.24) is 4.90 Å². The topological polar surface area (TPSA) is 82.1 Å². The predicted octanol–water partition coefficient (Wildman–Crippen LogP) is 8.62. The summed E-state index contributed by atoms with van der Waals surface area (Å²) in [5.74, 6) is 0.433. The first-order valence-electron chi connectivity index (χ1n) is 16.4. The van der Waals surface area contributed by atoms with Crippen LogP contribution in [0.15, 0.2) is 0 Å². The van der Waals surface area contributed by atoms with E-state index in [0.717, 1.165) is 32.1 Å². The Hall–Kier alpha value is -1.79. The zero-order valence-corrected chi connectivity index (χ0v) is 26.6. The van der Waals surface area contributed by atoms with Crippen molar-refractivity contribution in [2.24, 2.45) is 11.8 Å². The lowest BCUT2D eigenvalue weighted by Crippen LogP contribution is -2.41. The Morgan fingerprint density at radius 3 is 1.85 bits per heavy atom.